The summed E-state index contributed by atoms with van der Waals surface area (Å²) in [5.74, 6) is -0.387. The Morgan fingerprint density at radius 2 is 1.82 bits per heavy atom. The summed E-state index contributed by atoms with van der Waals surface area (Å²) in [6, 6.07) is 13.6. The number of carbonyl (C=O) groups is 2. The van der Waals surface area contributed by atoms with Gasteiger partial charge in [0.1, 0.15) is 5.82 Å². The highest BCUT2D eigenvalue weighted by atomic mass is 16.5. The average Bonchev–Trinajstić information content (AvgIpc) is 2.71. The summed E-state index contributed by atoms with van der Waals surface area (Å²) in [6.45, 7) is 3.91. The summed E-state index contributed by atoms with van der Waals surface area (Å²) in [5, 5.41) is 3.16. The van der Waals surface area contributed by atoms with Crippen LogP contribution in [0, 0.1) is 6.92 Å². The Bertz CT molecular complexity index is 1070. The van der Waals surface area contributed by atoms with Crippen molar-refractivity contribution in [3.63, 3.8) is 0 Å². The number of esters is 1. The van der Waals surface area contributed by atoms with Gasteiger partial charge < -0.3 is 10.1 Å². The molecular formula is C21H21N3O4. The van der Waals surface area contributed by atoms with Crippen molar-refractivity contribution in [2.24, 2.45) is 0 Å². The van der Waals surface area contributed by atoms with Gasteiger partial charge >= 0.3 is 5.97 Å². The highest BCUT2D eigenvalue weighted by Crippen LogP contribution is 2.14. The zero-order chi connectivity index (χ0) is 20.1. The van der Waals surface area contributed by atoms with Crippen LogP contribution in [0.4, 0.5) is 0 Å². The minimum Gasteiger partial charge on any atom is -0.452 e. The summed E-state index contributed by atoms with van der Waals surface area (Å²) in [6.07, 6.45) is 0.809. The molecule has 0 saturated heterocycles. The molecule has 0 atom stereocenters. The molecule has 144 valence electrons. The molecule has 0 aliphatic rings. The van der Waals surface area contributed by atoms with Crippen molar-refractivity contribution in [1.29, 1.82) is 0 Å². The molecule has 1 heterocycles. The SMILES string of the molecule is CCCNC(=O)COC(=O)c1ccc(-n2c(C)nc3ccccc3c2=O)cc1. The maximum absolute atomic E-state index is 12.8. The molecule has 7 heteroatoms. The van der Waals surface area contributed by atoms with Crippen LogP contribution < -0.4 is 10.9 Å². The van der Waals surface area contributed by atoms with E-state index >= 15 is 0 Å². The molecule has 7 nitrogen and oxygen atoms in total. The Morgan fingerprint density at radius 3 is 2.54 bits per heavy atom. The monoisotopic (exact) mass is 379 g/mol. The summed E-state index contributed by atoms with van der Waals surface area (Å²) < 4.78 is 6.50. The number of carbonyl (C=O) groups excluding carboxylic acids is 2. The molecule has 0 unspecified atom stereocenters. The van der Waals surface area contributed by atoms with E-state index < -0.39 is 5.97 Å². The number of amides is 1. The molecule has 0 aliphatic carbocycles. The molecule has 2 aromatic carbocycles. The van der Waals surface area contributed by atoms with Gasteiger partial charge in [-0.1, -0.05) is 19.1 Å². The summed E-state index contributed by atoms with van der Waals surface area (Å²) in [7, 11) is 0. The van der Waals surface area contributed by atoms with E-state index in [1.54, 1.807) is 49.4 Å². The Kier molecular flexibility index (Phi) is 5.84. The fraction of sp³-hybridized carbons (Fsp3) is 0.238. The van der Waals surface area contributed by atoms with Crippen molar-refractivity contribution < 1.29 is 14.3 Å². The number of nitrogens with one attached hydrogen (secondary N) is 1. The molecule has 0 saturated carbocycles. The number of nitrogens with zero attached hydrogens (tertiary/aromatic N) is 2. The van der Waals surface area contributed by atoms with Gasteiger partial charge in [0.2, 0.25) is 0 Å². The van der Waals surface area contributed by atoms with E-state index in [9.17, 15) is 14.4 Å². The molecule has 0 bridgehead atoms. The van der Waals surface area contributed by atoms with Gasteiger partial charge in [-0.3, -0.25) is 14.2 Å². The molecule has 28 heavy (non-hydrogen) atoms. The van der Waals surface area contributed by atoms with Crippen LogP contribution in [0.1, 0.15) is 29.5 Å². The van der Waals surface area contributed by atoms with Gasteiger partial charge in [-0.15, -0.1) is 0 Å². The third-order valence-electron chi connectivity index (χ3n) is 4.21. The van der Waals surface area contributed by atoms with E-state index in [4.69, 9.17) is 4.74 Å². The van der Waals surface area contributed by atoms with Gasteiger partial charge in [-0.05, 0) is 49.7 Å². The number of hydrogen-bond donors (Lipinski definition) is 1. The van der Waals surface area contributed by atoms with Gasteiger partial charge in [0.15, 0.2) is 6.61 Å². The summed E-state index contributed by atoms with van der Waals surface area (Å²) in [5.41, 5.74) is 1.36. The third-order valence-corrected chi connectivity index (χ3v) is 4.21. The Balaban J connectivity index is 1.80. The maximum Gasteiger partial charge on any atom is 0.338 e. The lowest BCUT2D eigenvalue weighted by Crippen LogP contribution is -2.29. The second-order valence-electron chi connectivity index (χ2n) is 6.29. The summed E-state index contributed by atoms with van der Waals surface area (Å²) in [4.78, 5) is 40.9. The van der Waals surface area contributed by atoms with Gasteiger partial charge in [-0.25, -0.2) is 9.78 Å². The molecule has 1 N–H and O–H groups in total. The van der Waals surface area contributed by atoms with Crippen LogP contribution in [0.15, 0.2) is 53.3 Å². The van der Waals surface area contributed by atoms with E-state index in [0.717, 1.165) is 6.42 Å². The first-order valence-electron chi connectivity index (χ1n) is 9.04. The van der Waals surface area contributed by atoms with Gasteiger partial charge in [0.05, 0.1) is 22.2 Å². The lowest BCUT2D eigenvalue weighted by Gasteiger charge is -2.11. The number of benzene rings is 2. The molecule has 0 fully saturated rings. The zero-order valence-electron chi connectivity index (χ0n) is 15.8. The first-order valence-corrected chi connectivity index (χ1v) is 9.04. The number of aromatic nitrogens is 2. The number of para-hydroxylation sites is 1. The summed E-state index contributed by atoms with van der Waals surface area (Å²) >= 11 is 0. The number of hydrogen-bond acceptors (Lipinski definition) is 5. The van der Waals surface area contributed by atoms with Crippen LogP contribution in [-0.2, 0) is 9.53 Å². The number of ether oxygens (including phenoxy) is 1. The normalized spacial score (nSPS) is 10.6. The number of fused-ring (bicyclic) bond motifs is 1. The quantitative estimate of drug-likeness (QED) is 0.664. The standard InChI is InChI=1S/C21H21N3O4/c1-3-12-22-19(25)13-28-21(27)15-8-10-16(11-9-15)24-14(2)23-18-7-5-4-6-17(18)20(24)26/h4-11H,3,12-13H2,1-2H3,(H,22,25). The lowest BCUT2D eigenvalue weighted by atomic mass is 10.2. The fourth-order valence-electron chi connectivity index (χ4n) is 2.82. The highest BCUT2D eigenvalue weighted by Gasteiger charge is 2.12. The van der Waals surface area contributed by atoms with Gasteiger partial charge in [0, 0.05) is 6.54 Å². The lowest BCUT2D eigenvalue weighted by molar-refractivity contribution is -0.124. The van der Waals surface area contributed by atoms with E-state index in [0.29, 0.717) is 34.5 Å². The molecule has 0 aliphatic heterocycles. The minimum absolute atomic E-state index is 0.175. The van der Waals surface area contributed by atoms with E-state index in [1.807, 2.05) is 13.0 Å². The van der Waals surface area contributed by atoms with Crippen molar-refractivity contribution in [3.8, 4) is 5.69 Å². The van der Waals surface area contributed by atoms with E-state index in [2.05, 4.69) is 10.3 Å². The van der Waals surface area contributed by atoms with Crippen molar-refractivity contribution in [1.82, 2.24) is 14.9 Å². The minimum atomic E-state index is -0.598. The van der Waals surface area contributed by atoms with E-state index in [-0.39, 0.29) is 18.1 Å². The third kappa shape index (κ3) is 4.09. The van der Waals surface area contributed by atoms with Crippen molar-refractivity contribution in [2.45, 2.75) is 20.3 Å². The Morgan fingerprint density at radius 1 is 1.11 bits per heavy atom. The smallest absolute Gasteiger partial charge is 0.338 e. The zero-order valence-corrected chi connectivity index (χ0v) is 15.8. The Labute approximate surface area is 162 Å². The fourth-order valence-corrected chi connectivity index (χ4v) is 2.82. The number of aryl methyl sites for hydroxylation is 1. The van der Waals surface area contributed by atoms with Crippen LogP contribution in [0.25, 0.3) is 16.6 Å². The number of rotatable bonds is 6. The van der Waals surface area contributed by atoms with E-state index in [1.165, 1.54) is 4.57 Å². The van der Waals surface area contributed by atoms with Crippen molar-refractivity contribution in [3.05, 3.63) is 70.3 Å². The molecule has 0 radical (unpaired) electrons. The maximum atomic E-state index is 12.8. The second-order valence-corrected chi connectivity index (χ2v) is 6.29. The van der Waals surface area contributed by atoms with Crippen LogP contribution in [0.5, 0.6) is 0 Å². The van der Waals surface area contributed by atoms with Crippen molar-refractivity contribution in [2.75, 3.05) is 13.2 Å². The molecule has 3 rings (SSSR count). The molecule has 1 amide bonds. The van der Waals surface area contributed by atoms with Gasteiger partial charge in [-0.2, -0.15) is 0 Å². The predicted octanol–water partition coefficient (Wildman–Crippen LogP) is 2.38. The van der Waals surface area contributed by atoms with Crippen LogP contribution in [0.3, 0.4) is 0 Å². The Hall–Kier alpha value is -3.48. The van der Waals surface area contributed by atoms with Crippen molar-refractivity contribution >= 4 is 22.8 Å². The molecule has 3 aromatic rings. The topological polar surface area (TPSA) is 90.3 Å². The largest absolute Gasteiger partial charge is 0.452 e. The highest BCUT2D eigenvalue weighted by molar-refractivity contribution is 5.91. The predicted molar refractivity (Wildman–Crippen MR) is 106 cm³/mol. The first-order chi connectivity index (χ1) is 13.5. The molecule has 0 spiro atoms. The van der Waals surface area contributed by atoms with Crippen LogP contribution >= 0.6 is 0 Å². The average molecular weight is 379 g/mol. The second kappa shape index (κ2) is 8.47. The molecule has 1 aromatic heterocycles. The first kappa shape index (κ1) is 19.3. The van der Waals surface area contributed by atoms with Crippen LogP contribution in [0.2, 0.25) is 0 Å². The molecular weight excluding hydrogens is 358 g/mol. The van der Waals surface area contributed by atoms with Crippen LogP contribution in [-0.4, -0.2) is 34.6 Å². The van der Waals surface area contributed by atoms with Gasteiger partial charge in [0.25, 0.3) is 11.5 Å².